The van der Waals surface area contributed by atoms with E-state index >= 15 is 0 Å². The number of H-pyrrole nitrogens is 1. The zero-order chi connectivity index (χ0) is 12.8. The number of rotatable bonds is 3. The Hall–Kier alpha value is -0.840. The maximum Gasteiger partial charge on any atom is 0.267 e. The largest absolute Gasteiger partial charge is 0.369 e. The van der Waals surface area contributed by atoms with Crippen LogP contribution in [0.2, 0.25) is 0 Å². The number of aromatic amines is 1. The Kier molecular flexibility index (Phi) is 2.84. The number of hydrogen-bond acceptors (Lipinski definition) is 3. The van der Waals surface area contributed by atoms with Crippen LogP contribution in [0.25, 0.3) is 0 Å². The lowest BCUT2D eigenvalue weighted by atomic mass is 10.0. The van der Waals surface area contributed by atoms with Gasteiger partial charge >= 0.3 is 0 Å². The minimum absolute atomic E-state index is 0.156. The molecule has 1 saturated carbocycles. The first kappa shape index (κ1) is 12.6. The van der Waals surface area contributed by atoms with Crippen LogP contribution in [0.3, 0.4) is 0 Å². The summed E-state index contributed by atoms with van der Waals surface area (Å²) in [5.74, 6) is 1.22. The molecule has 1 aliphatic rings. The highest BCUT2D eigenvalue weighted by atomic mass is 79.9. The van der Waals surface area contributed by atoms with Crippen LogP contribution in [-0.2, 0) is 0 Å². The van der Waals surface area contributed by atoms with Crippen molar-refractivity contribution in [3.63, 3.8) is 0 Å². The fraction of sp³-hybridized carbons (Fsp3) is 0.667. The number of anilines is 1. The average Bonchev–Trinajstić information content (AvgIpc) is 2.61. The van der Waals surface area contributed by atoms with E-state index in [1.165, 1.54) is 6.33 Å². The third-order valence-electron chi connectivity index (χ3n) is 4.59. The fourth-order valence-corrected chi connectivity index (χ4v) is 2.91. The van der Waals surface area contributed by atoms with Gasteiger partial charge < -0.3 is 10.3 Å². The molecule has 0 bridgehead atoms. The molecule has 0 atom stereocenters. The van der Waals surface area contributed by atoms with Gasteiger partial charge in [-0.05, 0) is 32.7 Å². The normalized spacial score (nSPS) is 21.2. The van der Waals surface area contributed by atoms with E-state index in [-0.39, 0.29) is 5.56 Å². The van der Waals surface area contributed by atoms with Crippen LogP contribution in [0.5, 0.6) is 0 Å². The summed E-state index contributed by atoms with van der Waals surface area (Å²) < 4.78 is 0.469. The molecule has 2 N–H and O–H groups in total. The molecule has 0 aromatic carbocycles. The number of nitrogens with zero attached hydrogens (tertiary/aromatic N) is 1. The van der Waals surface area contributed by atoms with Crippen molar-refractivity contribution in [2.75, 3.05) is 11.9 Å². The molecule has 4 nitrogen and oxygen atoms in total. The van der Waals surface area contributed by atoms with E-state index in [1.807, 2.05) is 0 Å². The predicted molar refractivity (Wildman–Crippen MR) is 72.1 cm³/mol. The Morgan fingerprint density at radius 3 is 2.53 bits per heavy atom. The van der Waals surface area contributed by atoms with Crippen molar-refractivity contribution in [2.24, 2.45) is 16.7 Å². The fourth-order valence-electron chi connectivity index (χ4n) is 2.55. The van der Waals surface area contributed by atoms with Gasteiger partial charge in [-0.25, -0.2) is 4.98 Å². The molecule has 1 aromatic rings. The topological polar surface area (TPSA) is 57.8 Å². The molecule has 0 radical (unpaired) electrons. The van der Waals surface area contributed by atoms with Crippen molar-refractivity contribution in [1.82, 2.24) is 9.97 Å². The number of aromatic nitrogens is 2. The van der Waals surface area contributed by atoms with Crippen molar-refractivity contribution in [2.45, 2.75) is 27.7 Å². The van der Waals surface area contributed by atoms with Crippen molar-refractivity contribution < 1.29 is 0 Å². The van der Waals surface area contributed by atoms with Crippen LogP contribution in [0.1, 0.15) is 27.7 Å². The Morgan fingerprint density at radius 2 is 2.00 bits per heavy atom. The first-order chi connectivity index (χ1) is 7.78. The molecule has 5 heteroatoms. The molecule has 1 fully saturated rings. The molecular weight excluding hydrogens is 282 g/mol. The number of nitrogens with one attached hydrogen (secondary N) is 2. The lowest BCUT2D eigenvalue weighted by Crippen LogP contribution is -2.15. The van der Waals surface area contributed by atoms with E-state index < -0.39 is 0 Å². The smallest absolute Gasteiger partial charge is 0.267 e. The highest BCUT2D eigenvalue weighted by molar-refractivity contribution is 9.10. The summed E-state index contributed by atoms with van der Waals surface area (Å²) in [6.45, 7) is 9.95. The summed E-state index contributed by atoms with van der Waals surface area (Å²) in [7, 11) is 0. The quantitative estimate of drug-likeness (QED) is 0.902. The van der Waals surface area contributed by atoms with E-state index in [0.29, 0.717) is 27.0 Å². The van der Waals surface area contributed by atoms with Gasteiger partial charge in [0, 0.05) is 6.54 Å². The van der Waals surface area contributed by atoms with Gasteiger partial charge in [0.25, 0.3) is 5.56 Å². The SMILES string of the molecule is CC1(C)C(CNc2nc[nH]c(=O)c2Br)C1(C)C. The van der Waals surface area contributed by atoms with Gasteiger partial charge in [-0.2, -0.15) is 0 Å². The second-order valence-electron chi connectivity index (χ2n) is 5.77. The van der Waals surface area contributed by atoms with Crippen LogP contribution in [0.4, 0.5) is 5.82 Å². The Morgan fingerprint density at radius 1 is 1.41 bits per heavy atom. The van der Waals surface area contributed by atoms with Crippen LogP contribution >= 0.6 is 15.9 Å². The summed E-state index contributed by atoms with van der Waals surface area (Å²) in [6, 6.07) is 0. The minimum Gasteiger partial charge on any atom is -0.369 e. The summed E-state index contributed by atoms with van der Waals surface area (Å²) in [6.07, 6.45) is 1.42. The van der Waals surface area contributed by atoms with E-state index in [0.717, 1.165) is 6.54 Å². The van der Waals surface area contributed by atoms with Gasteiger partial charge in [0.2, 0.25) is 0 Å². The van der Waals surface area contributed by atoms with E-state index in [1.54, 1.807) is 0 Å². The van der Waals surface area contributed by atoms with Gasteiger partial charge in [0.1, 0.15) is 10.3 Å². The lowest BCUT2D eigenvalue weighted by Gasteiger charge is -2.07. The molecule has 0 spiro atoms. The molecule has 0 aliphatic heterocycles. The Labute approximate surface area is 109 Å². The van der Waals surface area contributed by atoms with Gasteiger partial charge in [-0.1, -0.05) is 27.7 Å². The van der Waals surface area contributed by atoms with E-state index in [2.05, 4.69) is 58.9 Å². The molecule has 2 rings (SSSR count). The predicted octanol–water partition coefficient (Wildman–Crippen LogP) is 2.63. The van der Waals surface area contributed by atoms with Crippen molar-refractivity contribution in [3.05, 3.63) is 21.2 Å². The Bertz CT molecular complexity index is 479. The number of hydrogen-bond donors (Lipinski definition) is 2. The molecular formula is C12H18BrN3O. The van der Waals surface area contributed by atoms with Gasteiger partial charge in [-0.3, -0.25) is 4.79 Å². The molecule has 1 heterocycles. The summed E-state index contributed by atoms with van der Waals surface area (Å²) in [5.41, 5.74) is 0.526. The maximum absolute atomic E-state index is 11.4. The van der Waals surface area contributed by atoms with E-state index in [9.17, 15) is 4.79 Å². The maximum atomic E-state index is 11.4. The number of halogens is 1. The molecule has 0 saturated heterocycles. The van der Waals surface area contributed by atoms with Crippen molar-refractivity contribution >= 4 is 21.7 Å². The summed E-state index contributed by atoms with van der Waals surface area (Å²) in [4.78, 5) is 18.0. The molecule has 1 aliphatic carbocycles. The minimum atomic E-state index is -0.156. The first-order valence-corrected chi connectivity index (χ1v) is 6.55. The molecule has 94 valence electrons. The van der Waals surface area contributed by atoms with Crippen LogP contribution in [0.15, 0.2) is 15.6 Å². The third kappa shape index (κ3) is 1.90. The van der Waals surface area contributed by atoms with Gasteiger partial charge in [0.05, 0.1) is 6.33 Å². The second kappa shape index (κ2) is 3.83. The standard InChI is InChI=1S/C12H18BrN3O/c1-11(2)7(12(11,3)4)5-14-9-8(13)10(17)16-6-15-9/h6-7H,5H2,1-4H3,(H2,14,15,16,17). The first-order valence-electron chi connectivity index (χ1n) is 5.75. The second-order valence-corrected chi connectivity index (χ2v) is 6.56. The average molecular weight is 300 g/mol. The monoisotopic (exact) mass is 299 g/mol. The highest BCUT2D eigenvalue weighted by Gasteiger charge is 2.64. The zero-order valence-corrected chi connectivity index (χ0v) is 12.2. The third-order valence-corrected chi connectivity index (χ3v) is 5.33. The molecule has 0 unspecified atom stereocenters. The van der Waals surface area contributed by atoms with Crippen molar-refractivity contribution in [3.8, 4) is 0 Å². The summed E-state index contributed by atoms with van der Waals surface area (Å²) >= 11 is 3.24. The lowest BCUT2D eigenvalue weighted by molar-refractivity contribution is 0.457. The molecule has 1 aromatic heterocycles. The Balaban J connectivity index is 2.06. The van der Waals surface area contributed by atoms with Crippen molar-refractivity contribution in [1.29, 1.82) is 0 Å². The van der Waals surface area contributed by atoms with Crippen LogP contribution in [-0.4, -0.2) is 16.5 Å². The summed E-state index contributed by atoms with van der Waals surface area (Å²) in [5, 5.41) is 3.25. The zero-order valence-electron chi connectivity index (χ0n) is 10.6. The highest BCUT2D eigenvalue weighted by Crippen LogP contribution is 2.68. The molecule has 17 heavy (non-hydrogen) atoms. The van der Waals surface area contributed by atoms with Crippen LogP contribution in [0, 0.1) is 16.7 Å². The van der Waals surface area contributed by atoms with Gasteiger partial charge in [0.15, 0.2) is 0 Å². The van der Waals surface area contributed by atoms with Crippen LogP contribution < -0.4 is 10.9 Å². The van der Waals surface area contributed by atoms with E-state index in [4.69, 9.17) is 0 Å². The molecule has 0 amide bonds. The van der Waals surface area contributed by atoms with Gasteiger partial charge in [-0.15, -0.1) is 0 Å².